The lowest BCUT2D eigenvalue weighted by Gasteiger charge is -2.31. The van der Waals surface area contributed by atoms with Crippen LogP contribution < -0.4 is 14.8 Å². The molecule has 3 aromatic carbocycles. The summed E-state index contributed by atoms with van der Waals surface area (Å²) in [5.74, 6) is 0.194. The van der Waals surface area contributed by atoms with Crippen molar-refractivity contribution in [2.24, 2.45) is 0 Å². The molecule has 1 unspecified atom stereocenters. The highest BCUT2D eigenvalue weighted by atomic mass is 32.2. The molecule has 2 amide bonds. The zero-order chi connectivity index (χ0) is 29.7. The van der Waals surface area contributed by atoms with Gasteiger partial charge in [-0.15, -0.1) is 0 Å². The van der Waals surface area contributed by atoms with Crippen molar-refractivity contribution in [2.75, 3.05) is 26.8 Å². The maximum absolute atomic E-state index is 13.8. The third-order valence-corrected chi connectivity index (χ3v) is 8.17. The second-order valence-electron chi connectivity index (χ2n) is 9.59. The van der Waals surface area contributed by atoms with Gasteiger partial charge in [-0.1, -0.05) is 61.5 Å². The molecular formula is C31H39N3O6S. The fourth-order valence-electron chi connectivity index (χ4n) is 4.39. The van der Waals surface area contributed by atoms with Crippen LogP contribution in [-0.2, 0) is 39.0 Å². The number of aryl methyl sites for hydroxylation is 1. The molecule has 0 aliphatic carbocycles. The zero-order valence-electron chi connectivity index (χ0n) is 23.6. The largest absolute Gasteiger partial charge is 0.497 e. The molecule has 0 saturated heterocycles. The number of nitrogens with one attached hydrogen (secondary N) is 2. The first kappa shape index (κ1) is 31.8. The molecule has 3 rings (SSSR count). The summed E-state index contributed by atoms with van der Waals surface area (Å²) in [6.07, 6.45) is 1.24. The van der Waals surface area contributed by atoms with E-state index in [1.165, 1.54) is 12.1 Å². The minimum Gasteiger partial charge on any atom is -0.497 e. The van der Waals surface area contributed by atoms with E-state index >= 15 is 0 Å². The molecule has 41 heavy (non-hydrogen) atoms. The molecule has 9 nitrogen and oxygen atoms in total. The van der Waals surface area contributed by atoms with E-state index in [1.807, 2.05) is 54.6 Å². The van der Waals surface area contributed by atoms with E-state index in [0.717, 1.165) is 16.7 Å². The summed E-state index contributed by atoms with van der Waals surface area (Å²) in [6.45, 7) is 2.47. The number of aliphatic hydroxyl groups is 1. The zero-order valence-corrected chi connectivity index (χ0v) is 24.4. The Bertz CT molecular complexity index is 1350. The van der Waals surface area contributed by atoms with Crippen molar-refractivity contribution in [1.29, 1.82) is 0 Å². The second kappa shape index (κ2) is 15.9. The number of sulfonamides is 1. The number of nitrogens with zero attached hydrogens (tertiary/aromatic N) is 1. The first-order valence-electron chi connectivity index (χ1n) is 13.7. The summed E-state index contributed by atoms with van der Waals surface area (Å²) < 4.78 is 32.3. The number of carbonyl (C=O) groups excluding carboxylic acids is 2. The summed E-state index contributed by atoms with van der Waals surface area (Å²) in [6, 6.07) is 22.6. The monoisotopic (exact) mass is 581 g/mol. The topological polar surface area (TPSA) is 125 Å². The fourth-order valence-corrected chi connectivity index (χ4v) is 5.43. The second-order valence-corrected chi connectivity index (χ2v) is 11.4. The van der Waals surface area contributed by atoms with Crippen LogP contribution in [0.1, 0.15) is 36.5 Å². The Morgan fingerprint density at radius 1 is 0.927 bits per heavy atom. The summed E-state index contributed by atoms with van der Waals surface area (Å²) >= 11 is 0. The molecule has 0 fully saturated rings. The maximum atomic E-state index is 13.8. The number of carbonyl (C=O) groups is 2. The average Bonchev–Trinajstić information content (AvgIpc) is 2.98. The van der Waals surface area contributed by atoms with Gasteiger partial charge in [0.25, 0.3) is 0 Å². The molecule has 3 N–H and O–H groups in total. The predicted octanol–water partition coefficient (Wildman–Crippen LogP) is 3.06. The summed E-state index contributed by atoms with van der Waals surface area (Å²) in [5, 5.41) is 12.1. The minimum absolute atomic E-state index is 0.0489. The molecule has 0 saturated carbocycles. The molecule has 0 heterocycles. The molecule has 3 aromatic rings. The Kier molecular flexibility index (Phi) is 12.3. The van der Waals surface area contributed by atoms with Crippen LogP contribution in [0.25, 0.3) is 0 Å². The van der Waals surface area contributed by atoms with Crippen LogP contribution in [0.3, 0.4) is 0 Å². The van der Waals surface area contributed by atoms with Crippen molar-refractivity contribution in [2.45, 2.75) is 50.1 Å². The van der Waals surface area contributed by atoms with Crippen molar-refractivity contribution >= 4 is 21.8 Å². The minimum atomic E-state index is -3.57. The van der Waals surface area contributed by atoms with E-state index in [1.54, 1.807) is 31.1 Å². The Balaban J connectivity index is 1.86. The van der Waals surface area contributed by atoms with E-state index in [2.05, 4.69) is 10.0 Å². The van der Waals surface area contributed by atoms with Gasteiger partial charge in [0.15, 0.2) is 0 Å². The van der Waals surface area contributed by atoms with Gasteiger partial charge < -0.3 is 20.1 Å². The first-order valence-corrected chi connectivity index (χ1v) is 15.2. The molecule has 0 radical (unpaired) electrons. The number of rotatable bonds is 16. The highest BCUT2D eigenvalue weighted by Gasteiger charge is 2.30. The van der Waals surface area contributed by atoms with Crippen molar-refractivity contribution in [1.82, 2.24) is 14.9 Å². The lowest BCUT2D eigenvalue weighted by atomic mass is 10.0. The van der Waals surface area contributed by atoms with E-state index in [4.69, 9.17) is 4.74 Å². The normalized spacial score (nSPS) is 12.0. The van der Waals surface area contributed by atoms with Gasteiger partial charge in [-0.05, 0) is 53.8 Å². The summed E-state index contributed by atoms with van der Waals surface area (Å²) in [4.78, 5) is 29.0. The summed E-state index contributed by atoms with van der Waals surface area (Å²) in [7, 11) is -1.98. The lowest BCUT2D eigenvalue weighted by Crippen LogP contribution is -2.50. The van der Waals surface area contributed by atoms with Gasteiger partial charge in [0.05, 0.1) is 12.0 Å². The van der Waals surface area contributed by atoms with Gasteiger partial charge in [0, 0.05) is 39.1 Å². The van der Waals surface area contributed by atoms with Crippen LogP contribution in [0.15, 0.2) is 83.8 Å². The molecule has 10 heteroatoms. The van der Waals surface area contributed by atoms with Crippen LogP contribution in [0.2, 0.25) is 0 Å². The molecule has 0 aromatic heterocycles. The smallest absolute Gasteiger partial charge is 0.243 e. The van der Waals surface area contributed by atoms with Crippen LogP contribution in [0, 0.1) is 0 Å². The van der Waals surface area contributed by atoms with E-state index in [0.29, 0.717) is 38.1 Å². The third kappa shape index (κ3) is 9.70. The molecule has 0 spiro atoms. The number of hydrogen-bond acceptors (Lipinski definition) is 6. The molecular weight excluding hydrogens is 542 g/mol. The van der Waals surface area contributed by atoms with Gasteiger partial charge in [0.1, 0.15) is 11.8 Å². The molecule has 0 aliphatic heterocycles. The highest BCUT2D eigenvalue weighted by molar-refractivity contribution is 7.89. The van der Waals surface area contributed by atoms with Crippen LogP contribution in [-0.4, -0.2) is 63.1 Å². The fraction of sp³-hybridized carbons (Fsp3) is 0.355. The first-order chi connectivity index (χ1) is 19.8. The lowest BCUT2D eigenvalue weighted by molar-refractivity contribution is -0.141. The Morgan fingerprint density at radius 2 is 1.59 bits per heavy atom. The Morgan fingerprint density at radius 3 is 2.20 bits per heavy atom. The van der Waals surface area contributed by atoms with E-state index in [-0.39, 0.29) is 36.3 Å². The standard InChI is InChI=1S/C31H39N3O6S/c1-3-33-41(38,39)28-17-12-24(13-18-28)14-19-30(36)34(23-26-10-15-27(40-2)16-11-26)29(31(37)32-20-7-21-35)22-25-8-5-4-6-9-25/h4-6,8-13,15-18,29,33,35H,3,7,14,19-23H2,1-2H3,(H,32,37). The molecule has 0 bridgehead atoms. The van der Waals surface area contributed by atoms with Gasteiger partial charge in [-0.25, -0.2) is 13.1 Å². The molecule has 0 aliphatic rings. The molecule has 220 valence electrons. The Hall–Kier alpha value is -3.73. The van der Waals surface area contributed by atoms with Crippen molar-refractivity contribution in [3.8, 4) is 5.75 Å². The number of ether oxygens (including phenoxy) is 1. The van der Waals surface area contributed by atoms with Crippen LogP contribution >= 0.6 is 0 Å². The molecule has 1 atom stereocenters. The highest BCUT2D eigenvalue weighted by Crippen LogP contribution is 2.19. The van der Waals surface area contributed by atoms with Gasteiger partial charge in [-0.2, -0.15) is 0 Å². The number of hydrogen-bond donors (Lipinski definition) is 3. The van der Waals surface area contributed by atoms with Gasteiger partial charge >= 0.3 is 0 Å². The Labute approximate surface area is 242 Å². The SMILES string of the molecule is CCNS(=O)(=O)c1ccc(CCC(=O)N(Cc2ccc(OC)cc2)C(Cc2ccccc2)C(=O)NCCCO)cc1. The van der Waals surface area contributed by atoms with Crippen LogP contribution in [0.5, 0.6) is 5.75 Å². The van der Waals surface area contributed by atoms with Crippen LogP contribution in [0.4, 0.5) is 0 Å². The third-order valence-electron chi connectivity index (χ3n) is 6.61. The maximum Gasteiger partial charge on any atom is 0.243 e. The van der Waals surface area contributed by atoms with Gasteiger partial charge in [-0.3, -0.25) is 9.59 Å². The van der Waals surface area contributed by atoms with Crippen molar-refractivity contribution in [3.63, 3.8) is 0 Å². The quantitative estimate of drug-likeness (QED) is 0.223. The predicted molar refractivity (Wildman–Crippen MR) is 158 cm³/mol. The average molecular weight is 582 g/mol. The van der Waals surface area contributed by atoms with Crippen molar-refractivity contribution in [3.05, 3.63) is 95.6 Å². The number of benzene rings is 3. The van der Waals surface area contributed by atoms with Crippen molar-refractivity contribution < 1.29 is 27.9 Å². The van der Waals surface area contributed by atoms with Gasteiger partial charge in [0.2, 0.25) is 21.8 Å². The number of aliphatic hydroxyl groups excluding tert-OH is 1. The number of methoxy groups -OCH3 is 1. The van der Waals surface area contributed by atoms with E-state index < -0.39 is 16.1 Å². The summed E-state index contributed by atoms with van der Waals surface area (Å²) in [5.41, 5.74) is 2.57. The number of amides is 2. The van der Waals surface area contributed by atoms with E-state index in [9.17, 15) is 23.1 Å².